The molecule has 2 nitrogen and oxygen atoms in total. The molecule has 0 spiro atoms. The average molecular weight is 227 g/mol. The minimum Gasteiger partial charge on any atom is -0.455 e. The summed E-state index contributed by atoms with van der Waals surface area (Å²) >= 11 is 0. The van der Waals surface area contributed by atoms with E-state index < -0.39 is 0 Å². The van der Waals surface area contributed by atoms with Gasteiger partial charge in [0.2, 0.25) is 0 Å². The Hall–Kier alpha value is -1.83. The SMILES string of the molecule is CCc1ccc(Oc2ccc(C)nc2)c(C)c1. The van der Waals surface area contributed by atoms with Gasteiger partial charge in [0.25, 0.3) is 0 Å². The summed E-state index contributed by atoms with van der Waals surface area (Å²) in [5, 5.41) is 0. The number of hydrogen-bond donors (Lipinski definition) is 0. The van der Waals surface area contributed by atoms with Gasteiger partial charge in [0, 0.05) is 5.69 Å². The van der Waals surface area contributed by atoms with Crippen LogP contribution in [-0.2, 0) is 6.42 Å². The van der Waals surface area contributed by atoms with Crippen LogP contribution in [0, 0.1) is 13.8 Å². The van der Waals surface area contributed by atoms with E-state index in [9.17, 15) is 0 Å². The highest BCUT2D eigenvalue weighted by Gasteiger charge is 2.02. The van der Waals surface area contributed by atoms with Gasteiger partial charge in [0.15, 0.2) is 0 Å². The summed E-state index contributed by atoms with van der Waals surface area (Å²) in [6.45, 7) is 6.18. The molecule has 0 aliphatic carbocycles. The van der Waals surface area contributed by atoms with Crippen molar-refractivity contribution in [1.82, 2.24) is 4.98 Å². The summed E-state index contributed by atoms with van der Waals surface area (Å²) in [5.74, 6) is 1.68. The topological polar surface area (TPSA) is 22.1 Å². The molecule has 0 N–H and O–H groups in total. The standard InChI is InChI=1S/C15H17NO/c1-4-13-6-8-15(11(2)9-13)17-14-7-5-12(3)16-10-14/h5-10H,4H2,1-3H3. The molecule has 0 radical (unpaired) electrons. The molecule has 2 rings (SSSR count). The van der Waals surface area contributed by atoms with Crippen LogP contribution in [0.3, 0.4) is 0 Å². The zero-order valence-electron chi connectivity index (χ0n) is 10.5. The molecular formula is C15H17NO. The zero-order chi connectivity index (χ0) is 12.3. The molecule has 0 aliphatic rings. The Morgan fingerprint density at radius 2 is 1.94 bits per heavy atom. The van der Waals surface area contributed by atoms with Crippen molar-refractivity contribution in [2.24, 2.45) is 0 Å². The second-order valence-corrected chi connectivity index (χ2v) is 4.19. The van der Waals surface area contributed by atoms with Gasteiger partial charge in [-0.2, -0.15) is 0 Å². The van der Waals surface area contributed by atoms with Crippen molar-refractivity contribution in [3.63, 3.8) is 0 Å². The molecule has 1 heterocycles. The van der Waals surface area contributed by atoms with E-state index in [-0.39, 0.29) is 0 Å². The van der Waals surface area contributed by atoms with Crippen molar-refractivity contribution in [3.8, 4) is 11.5 Å². The van der Waals surface area contributed by atoms with Crippen LogP contribution in [0.2, 0.25) is 0 Å². The molecule has 0 bridgehead atoms. The van der Waals surface area contributed by atoms with E-state index in [1.54, 1.807) is 6.20 Å². The molecule has 0 saturated carbocycles. The highest BCUT2D eigenvalue weighted by Crippen LogP contribution is 2.25. The lowest BCUT2D eigenvalue weighted by Crippen LogP contribution is -1.90. The minimum atomic E-state index is 0.781. The fourth-order valence-corrected chi connectivity index (χ4v) is 1.69. The molecule has 2 heteroatoms. The van der Waals surface area contributed by atoms with Crippen molar-refractivity contribution in [3.05, 3.63) is 53.3 Å². The van der Waals surface area contributed by atoms with Crippen LogP contribution in [-0.4, -0.2) is 4.98 Å². The Balaban J connectivity index is 2.21. The Bertz CT molecular complexity index is 503. The number of hydrogen-bond acceptors (Lipinski definition) is 2. The lowest BCUT2D eigenvalue weighted by Gasteiger charge is -2.09. The number of ether oxygens (including phenoxy) is 1. The minimum absolute atomic E-state index is 0.781. The molecule has 17 heavy (non-hydrogen) atoms. The van der Waals surface area contributed by atoms with Crippen LogP contribution in [0.1, 0.15) is 23.7 Å². The highest BCUT2D eigenvalue weighted by atomic mass is 16.5. The first-order chi connectivity index (χ1) is 8.19. The maximum atomic E-state index is 5.80. The van der Waals surface area contributed by atoms with Crippen molar-refractivity contribution < 1.29 is 4.74 Å². The first-order valence-electron chi connectivity index (χ1n) is 5.89. The van der Waals surface area contributed by atoms with Gasteiger partial charge in [0.05, 0.1) is 6.20 Å². The number of aromatic nitrogens is 1. The van der Waals surface area contributed by atoms with Gasteiger partial charge in [-0.25, -0.2) is 0 Å². The van der Waals surface area contributed by atoms with Crippen LogP contribution in [0.4, 0.5) is 0 Å². The van der Waals surface area contributed by atoms with Gasteiger partial charge >= 0.3 is 0 Å². The van der Waals surface area contributed by atoms with E-state index in [2.05, 4.69) is 31.0 Å². The fraction of sp³-hybridized carbons (Fsp3) is 0.267. The third-order valence-corrected chi connectivity index (χ3v) is 2.76. The Morgan fingerprint density at radius 1 is 1.12 bits per heavy atom. The molecule has 0 amide bonds. The molecule has 0 unspecified atom stereocenters. The number of benzene rings is 1. The number of pyridine rings is 1. The largest absolute Gasteiger partial charge is 0.455 e. The third-order valence-electron chi connectivity index (χ3n) is 2.76. The summed E-state index contributed by atoms with van der Waals surface area (Å²) in [6, 6.07) is 10.2. The van der Waals surface area contributed by atoms with E-state index in [4.69, 9.17) is 4.74 Å². The maximum Gasteiger partial charge on any atom is 0.145 e. The van der Waals surface area contributed by atoms with Gasteiger partial charge < -0.3 is 4.74 Å². The molecule has 0 aliphatic heterocycles. The molecule has 88 valence electrons. The van der Waals surface area contributed by atoms with E-state index >= 15 is 0 Å². The van der Waals surface area contributed by atoms with Crippen LogP contribution in [0.25, 0.3) is 0 Å². The second kappa shape index (κ2) is 5.00. The van der Waals surface area contributed by atoms with E-state index in [0.29, 0.717) is 0 Å². The third kappa shape index (κ3) is 2.84. The van der Waals surface area contributed by atoms with Gasteiger partial charge in [0.1, 0.15) is 11.5 Å². The van der Waals surface area contributed by atoms with Crippen LogP contribution < -0.4 is 4.74 Å². The van der Waals surface area contributed by atoms with E-state index in [0.717, 1.165) is 29.2 Å². The predicted octanol–water partition coefficient (Wildman–Crippen LogP) is 4.05. The van der Waals surface area contributed by atoms with Crippen LogP contribution in [0.5, 0.6) is 11.5 Å². The maximum absolute atomic E-state index is 5.80. The molecule has 1 aromatic heterocycles. The summed E-state index contributed by atoms with van der Waals surface area (Å²) in [4.78, 5) is 4.21. The first-order valence-corrected chi connectivity index (χ1v) is 5.89. The van der Waals surface area contributed by atoms with Crippen molar-refractivity contribution in [1.29, 1.82) is 0 Å². The summed E-state index contributed by atoms with van der Waals surface area (Å²) in [5.41, 5.74) is 3.48. The number of aryl methyl sites for hydroxylation is 3. The number of nitrogens with zero attached hydrogens (tertiary/aromatic N) is 1. The van der Waals surface area contributed by atoms with Gasteiger partial charge in [-0.1, -0.05) is 19.1 Å². The fourth-order valence-electron chi connectivity index (χ4n) is 1.69. The Kier molecular flexibility index (Phi) is 3.43. The molecular weight excluding hydrogens is 210 g/mol. The quantitative estimate of drug-likeness (QED) is 0.789. The van der Waals surface area contributed by atoms with Crippen LogP contribution >= 0.6 is 0 Å². The Labute approximate surface area is 102 Å². The van der Waals surface area contributed by atoms with Gasteiger partial charge in [-0.15, -0.1) is 0 Å². The molecule has 2 aromatic rings. The lowest BCUT2D eigenvalue weighted by molar-refractivity contribution is 0.476. The van der Waals surface area contributed by atoms with E-state index in [1.807, 2.05) is 25.1 Å². The summed E-state index contributed by atoms with van der Waals surface area (Å²) < 4.78 is 5.80. The predicted molar refractivity (Wildman–Crippen MR) is 69.6 cm³/mol. The Morgan fingerprint density at radius 3 is 2.53 bits per heavy atom. The van der Waals surface area contributed by atoms with Crippen LogP contribution in [0.15, 0.2) is 36.5 Å². The number of rotatable bonds is 3. The van der Waals surface area contributed by atoms with Gasteiger partial charge in [-0.05, 0) is 49.6 Å². The normalized spacial score (nSPS) is 10.3. The summed E-state index contributed by atoms with van der Waals surface area (Å²) in [6.07, 6.45) is 2.80. The average Bonchev–Trinajstić information content (AvgIpc) is 2.34. The van der Waals surface area contributed by atoms with Crippen molar-refractivity contribution in [2.75, 3.05) is 0 Å². The summed E-state index contributed by atoms with van der Waals surface area (Å²) in [7, 11) is 0. The zero-order valence-corrected chi connectivity index (χ0v) is 10.5. The first kappa shape index (κ1) is 11.6. The van der Waals surface area contributed by atoms with Crippen molar-refractivity contribution in [2.45, 2.75) is 27.2 Å². The molecule has 0 fully saturated rings. The highest BCUT2D eigenvalue weighted by molar-refractivity contribution is 5.39. The van der Waals surface area contributed by atoms with Gasteiger partial charge in [-0.3, -0.25) is 4.98 Å². The molecule has 0 saturated heterocycles. The molecule has 1 aromatic carbocycles. The second-order valence-electron chi connectivity index (χ2n) is 4.19. The van der Waals surface area contributed by atoms with E-state index in [1.165, 1.54) is 5.56 Å². The monoisotopic (exact) mass is 227 g/mol. The van der Waals surface area contributed by atoms with Crippen molar-refractivity contribution >= 4 is 0 Å². The lowest BCUT2D eigenvalue weighted by atomic mass is 10.1. The smallest absolute Gasteiger partial charge is 0.145 e. The molecule has 0 atom stereocenters.